The van der Waals surface area contributed by atoms with Gasteiger partial charge in [0.25, 0.3) is 5.91 Å². The molecule has 2 fully saturated rings. The number of likely N-dealkylation sites (tertiary alicyclic amines) is 2. The Kier molecular flexibility index (Phi) is 6.77. The van der Waals surface area contributed by atoms with Gasteiger partial charge in [0.15, 0.2) is 0 Å². The standard InChI is InChI=1S/C28H36N6O5/c1-6-39-22-18-9-12-29-21(18)31-25(32-22)30-19-8-7-17(15-20(19)38-5)23(35)33-13-10-28(11-14-33)16-34(26(36)37)24(28)27(2,3)4/h7-9,12,15,24H,6,10-11,13-14,16H2,1-5H3,(H,36,37)(H2,29,30,31,32). The zero-order chi connectivity index (χ0) is 27.9. The molecule has 39 heavy (non-hydrogen) atoms. The summed E-state index contributed by atoms with van der Waals surface area (Å²) in [5, 5.41) is 13.6. The second-order valence-corrected chi connectivity index (χ2v) is 11.4. The van der Waals surface area contributed by atoms with E-state index in [1.54, 1.807) is 36.4 Å². The molecule has 3 N–H and O–H groups in total. The molecule has 208 valence electrons. The third kappa shape index (κ3) is 4.81. The number of H-pyrrole nitrogens is 1. The van der Waals surface area contributed by atoms with Crippen LogP contribution in [0.3, 0.4) is 0 Å². The molecule has 3 aromatic rings. The van der Waals surface area contributed by atoms with Gasteiger partial charge in [0.1, 0.15) is 11.4 Å². The number of aromatic nitrogens is 3. The highest BCUT2D eigenvalue weighted by Crippen LogP contribution is 2.52. The Morgan fingerprint density at radius 3 is 2.59 bits per heavy atom. The third-order valence-electron chi connectivity index (χ3n) is 7.85. The largest absolute Gasteiger partial charge is 0.495 e. The molecule has 11 heteroatoms. The second kappa shape index (κ2) is 9.94. The van der Waals surface area contributed by atoms with Crippen LogP contribution in [0, 0.1) is 10.8 Å². The van der Waals surface area contributed by atoms with E-state index in [4.69, 9.17) is 9.47 Å². The number of amides is 2. The van der Waals surface area contributed by atoms with Crippen molar-refractivity contribution in [1.82, 2.24) is 24.8 Å². The molecule has 0 aliphatic carbocycles. The maximum atomic E-state index is 13.4. The minimum atomic E-state index is -0.868. The Balaban J connectivity index is 1.30. The van der Waals surface area contributed by atoms with E-state index in [-0.39, 0.29) is 22.8 Å². The molecule has 2 saturated heterocycles. The van der Waals surface area contributed by atoms with Crippen LogP contribution in [-0.4, -0.2) is 81.3 Å². The highest BCUT2D eigenvalue weighted by atomic mass is 16.5. The predicted octanol–water partition coefficient (Wildman–Crippen LogP) is 4.74. The number of aromatic amines is 1. The Bertz CT molecular complexity index is 1390. The first-order chi connectivity index (χ1) is 18.6. The molecule has 2 aliphatic rings. The van der Waals surface area contributed by atoms with Crippen LogP contribution in [0.25, 0.3) is 11.0 Å². The van der Waals surface area contributed by atoms with Gasteiger partial charge in [-0.25, -0.2) is 4.79 Å². The molecular formula is C28H36N6O5. The monoisotopic (exact) mass is 536 g/mol. The summed E-state index contributed by atoms with van der Waals surface area (Å²) in [6.45, 7) is 10.3. The highest BCUT2D eigenvalue weighted by molar-refractivity contribution is 5.95. The van der Waals surface area contributed by atoms with Crippen molar-refractivity contribution in [3.8, 4) is 11.6 Å². The summed E-state index contributed by atoms with van der Waals surface area (Å²) in [7, 11) is 1.55. The van der Waals surface area contributed by atoms with Crippen LogP contribution in [0.5, 0.6) is 11.6 Å². The van der Waals surface area contributed by atoms with Gasteiger partial charge < -0.3 is 34.7 Å². The van der Waals surface area contributed by atoms with Crippen molar-refractivity contribution in [3.63, 3.8) is 0 Å². The van der Waals surface area contributed by atoms with Gasteiger partial charge in [-0.1, -0.05) is 20.8 Å². The summed E-state index contributed by atoms with van der Waals surface area (Å²) in [5.74, 6) is 1.24. The fraction of sp³-hybridized carbons (Fsp3) is 0.500. The number of nitrogens with zero attached hydrogens (tertiary/aromatic N) is 4. The highest BCUT2D eigenvalue weighted by Gasteiger charge is 2.59. The number of ether oxygens (including phenoxy) is 2. The molecule has 0 saturated carbocycles. The zero-order valence-corrected chi connectivity index (χ0v) is 23.1. The van der Waals surface area contributed by atoms with Gasteiger partial charge in [-0.05, 0) is 49.4 Å². The van der Waals surface area contributed by atoms with Gasteiger partial charge in [-0.3, -0.25) is 4.79 Å². The number of carbonyl (C=O) groups excluding carboxylic acids is 1. The summed E-state index contributed by atoms with van der Waals surface area (Å²) in [4.78, 5) is 40.7. The Labute approximate surface area is 227 Å². The summed E-state index contributed by atoms with van der Waals surface area (Å²) in [6.07, 6.45) is 2.47. The van der Waals surface area contributed by atoms with Gasteiger partial charge in [0, 0.05) is 42.9 Å². The molecular weight excluding hydrogens is 500 g/mol. The first-order valence-corrected chi connectivity index (χ1v) is 13.3. The van der Waals surface area contributed by atoms with Crippen LogP contribution < -0.4 is 14.8 Å². The lowest BCUT2D eigenvalue weighted by Gasteiger charge is -2.63. The molecule has 0 bridgehead atoms. The van der Waals surface area contributed by atoms with Gasteiger partial charge in [-0.15, -0.1) is 0 Å². The van der Waals surface area contributed by atoms with Crippen molar-refractivity contribution < 1.29 is 24.2 Å². The molecule has 1 spiro atoms. The fourth-order valence-corrected chi connectivity index (χ4v) is 6.33. The van der Waals surface area contributed by atoms with Crippen molar-refractivity contribution >= 4 is 34.7 Å². The van der Waals surface area contributed by atoms with Crippen LogP contribution in [0.4, 0.5) is 16.4 Å². The summed E-state index contributed by atoms with van der Waals surface area (Å²) >= 11 is 0. The number of fused-ring (bicyclic) bond motifs is 1. The molecule has 1 unspecified atom stereocenters. The van der Waals surface area contributed by atoms with Crippen molar-refractivity contribution in [3.05, 3.63) is 36.0 Å². The summed E-state index contributed by atoms with van der Waals surface area (Å²) in [6, 6.07) is 7.08. The van der Waals surface area contributed by atoms with E-state index < -0.39 is 6.09 Å². The average Bonchev–Trinajstić information content (AvgIpc) is 3.35. The topological polar surface area (TPSA) is 133 Å². The molecule has 0 radical (unpaired) electrons. The van der Waals surface area contributed by atoms with E-state index in [1.807, 2.05) is 17.9 Å². The number of hydrogen-bond acceptors (Lipinski definition) is 7. The third-order valence-corrected chi connectivity index (χ3v) is 7.85. The number of benzene rings is 1. The normalized spacial score (nSPS) is 18.6. The maximum Gasteiger partial charge on any atom is 0.407 e. The van der Waals surface area contributed by atoms with Crippen molar-refractivity contribution in [2.75, 3.05) is 38.7 Å². The zero-order valence-electron chi connectivity index (χ0n) is 23.1. The van der Waals surface area contributed by atoms with Crippen LogP contribution in [0.15, 0.2) is 30.5 Å². The minimum absolute atomic E-state index is 0.0548. The fourth-order valence-electron chi connectivity index (χ4n) is 6.33. The molecule has 2 aliphatic heterocycles. The molecule has 2 amide bonds. The second-order valence-electron chi connectivity index (χ2n) is 11.4. The lowest BCUT2D eigenvalue weighted by molar-refractivity contribution is -0.130. The van der Waals surface area contributed by atoms with Crippen LogP contribution in [0.2, 0.25) is 0 Å². The van der Waals surface area contributed by atoms with Crippen LogP contribution in [-0.2, 0) is 0 Å². The number of carboxylic acid groups (broad SMARTS) is 1. The van der Waals surface area contributed by atoms with Gasteiger partial charge in [0.05, 0.1) is 24.8 Å². The number of carbonyl (C=O) groups is 2. The quantitative estimate of drug-likeness (QED) is 0.412. The van der Waals surface area contributed by atoms with Crippen molar-refractivity contribution in [1.29, 1.82) is 0 Å². The Hall–Kier alpha value is -4.02. The first-order valence-electron chi connectivity index (χ1n) is 13.3. The number of nitrogens with one attached hydrogen (secondary N) is 2. The Morgan fingerprint density at radius 2 is 1.95 bits per heavy atom. The molecule has 4 heterocycles. The number of anilines is 2. The summed E-state index contributed by atoms with van der Waals surface area (Å²) in [5.41, 5.74) is 1.54. The number of piperidine rings is 1. The maximum absolute atomic E-state index is 13.4. The lowest BCUT2D eigenvalue weighted by atomic mass is 9.58. The molecule has 2 aromatic heterocycles. The molecule has 5 rings (SSSR count). The van der Waals surface area contributed by atoms with E-state index in [0.717, 1.165) is 18.2 Å². The molecule has 1 atom stereocenters. The van der Waals surface area contributed by atoms with Gasteiger partial charge in [0.2, 0.25) is 11.8 Å². The smallest absolute Gasteiger partial charge is 0.407 e. The molecule has 1 aromatic carbocycles. The van der Waals surface area contributed by atoms with E-state index in [9.17, 15) is 14.7 Å². The number of methoxy groups -OCH3 is 1. The summed E-state index contributed by atoms with van der Waals surface area (Å²) < 4.78 is 11.3. The Morgan fingerprint density at radius 1 is 1.21 bits per heavy atom. The van der Waals surface area contributed by atoms with Gasteiger partial charge >= 0.3 is 6.09 Å². The van der Waals surface area contributed by atoms with Crippen LogP contribution in [0.1, 0.15) is 50.9 Å². The predicted molar refractivity (Wildman–Crippen MR) is 147 cm³/mol. The van der Waals surface area contributed by atoms with Crippen LogP contribution >= 0.6 is 0 Å². The lowest BCUT2D eigenvalue weighted by Crippen LogP contribution is -2.72. The van der Waals surface area contributed by atoms with Crippen molar-refractivity contribution in [2.24, 2.45) is 10.8 Å². The average molecular weight is 537 g/mol. The van der Waals surface area contributed by atoms with E-state index >= 15 is 0 Å². The van der Waals surface area contributed by atoms with Gasteiger partial charge in [-0.2, -0.15) is 9.97 Å². The van der Waals surface area contributed by atoms with E-state index in [1.165, 1.54) is 0 Å². The first kappa shape index (κ1) is 26.6. The number of rotatable bonds is 6. The van der Waals surface area contributed by atoms with E-state index in [0.29, 0.717) is 60.7 Å². The molecule has 11 nitrogen and oxygen atoms in total. The SMILES string of the molecule is CCOc1nc(Nc2ccc(C(=O)N3CCC4(CC3)CN(C(=O)O)C4C(C)(C)C)cc2OC)nc2[nH]ccc12. The van der Waals surface area contributed by atoms with Crippen molar-refractivity contribution in [2.45, 2.75) is 46.6 Å². The number of hydrogen-bond donors (Lipinski definition) is 3. The van der Waals surface area contributed by atoms with E-state index in [2.05, 4.69) is 41.0 Å². The minimum Gasteiger partial charge on any atom is -0.495 e.